The van der Waals surface area contributed by atoms with Crippen LogP contribution in [-0.4, -0.2) is 33.8 Å². The van der Waals surface area contributed by atoms with E-state index < -0.39 is 17.4 Å². The molecule has 2 rings (SSSR count). The maximum atomic E-state index is 11.6. The van der Waals surface area contributed by atoms with Crippen molar-refractivity contribution in [1.29, 1.82) is 0 Å². The van der Waals surface area contributed by atoms with Crippen molar-refractivity contribution < 1.29 is 19.5 Å². The van der Waals surface area contributed by atoms with Gasteiger partial charge in [0, 0.05) is 12.8 Å². The summed E-state index contributed by atoms with van der Waals surface area (Å²) < 4.78 is 0. The third-order valence-electron chi connectivity index (χ3n) is 3.80. The highest BCUT2D eigenvalue weighted by Crippen LogP contribution is 2.42. The van der Waals surface area contributed by atoms with Gasteiger partial charge in [-0.25, -0.2) is 0 Å². The van der Waals surface area contributed by atoms with E-state index in [1.165, 1.54) is 4.90 Å². The van der Waals surface area contributed by atoms with Gasteiger partial charge in [0.2, 0.25) is 11.8 Å². The number of hydrogen-bond acceptors (Lipinski definition) is 3. The van der Waals surface area contributed by atoms with E-state index in [4.69, 9.17) is 0 Å². The zero-order valence-corrected chi connectivity index (χ0v) is 9.23. The van der Waals surface area contributed by atoms with E-state index in [9.17, 15) is 19.5 Å². The molecule has 1 saturated carbocycles. The minimum atomic E-state index is -0.963. The number of carbonyl (C=O) groups excluding carboxylic acids is 2. The Morgan fingerprint density at radius 3 is 2.44 bits per heavy atom. The van der Waals surface area contributed by atoms with Crippen molar-refractivity contribution in [3.8, 4) is 0 Å². The van der Waals surface area contributed by atoms with Gasteiger partial charge in [-0.15, -0.1) is 0 Å². The van der Waals surface area contributed by atoms with Gasteiger partial charge < -0.3 is 5.11 Å². The normalized spacial score (nSPS) is 34.8. The zero-order valence-electron chi connectivity index (χ0n) is 9.23. The molecule has 16 heavy (non-hydrogen) atoms. The Hall–Kier alpha value is -1.39. The summed E-state index contributed by atoms with van der Waals surface area (Å²) in [5.41, 5.74) is -0.963. The molecule has 2 amide bonds. The Kier molecular flexibility index (Phi) is 2.48. The van der Waals surface area contributed by atoms with Gasteiger partial charge >= 0.3 is 5.97 Å². The Labute approximate surface area is 93.4 Å². The molecule has 2 atom stereocenters. The largest absolute Gasteiger partial charge is 0.481 e. The quantitative estimate of drug-likeness (QED) is 0.705. The lowest BCUT2D eigenvalue weighted by atomic mass is 9.84. The molecule has 5 nitrogen and oxygen atoms in total. The first kappa shape index (κ1) is 11.1. The van der Waals surface area contributed by atoms with Gasteiger partial charge in [0.25, 0.3) is 0 Å². The van der Waals surface area contributed by atoms with Crippen LogP contribution in [-0.2, 0) is 14.4 Å². The monoisotopic (exact) mass is 225 g/mol. The van der Waals surface area contributed by atoms with Gasteiger partial charge in [-0.1, -0.05) is 6.42 Å². The van der Waals surface area contributed by atoms with E-state index in [1.54, 1.807) is 6.92 Å². The lowest BCUT2D eigenvalue weighted by Crippen LogP contribution is -2.49. The summed E-state index contributed by atoms with van der Waals surface area (Å²) in [6, 6.07) is -0.451. The molecular formula is C11H15NO4. The Balaban J connectivity index is 2.30. The minimum absolute atomic E-state index is 0.218. The lowest BCUT2D eigenvalue weighted by molar-refractivity contribution is -0.155. The third-order valence-corrected chi connectivity index (χ3v) is 3.80. The summed E-state index contributed by atoms with van der Waals surface area (Å²) in [5, 5.41) is 9.23. The number of nitrogens with zero attached hydrogens (tertiary/aromatic N) is 1. The number of carboxylic acids is 1. The van der Waals surface area contributed by atoms with Gasteiger partial charge in [0.05, 0.1) is 11.5 Å². The van der Waals surface area contributed by atoms with E-state index in [1.807, 2.05) is 0 Å². The molecule has 1 N–H and O–H groups in total. The molecule has 0 aromatic rings. The van der Waals surface area contributed by atoms with Crippen LogP contribution in [0.5, 0.6) is 0 Å². The highest BCUT2D eigenvalue weighted by atomic mass is 16.4. The summed E-state index contributed by atoms with van der Waals surface area (Å²) in [5.74, 6) is -1.35. The summed E-state index contributed by atoms with van der Waals surface area (Å²) in [6.07, 6.45) is 2.35. The van der Waals surface area contributed by atoms with Crippen LogP contribution in [0, 0.1) is 5.41 Å². The average molecular weight is 225 g/mol. The summed E-state index contributed by atoms with van der Waals surface area (Å²) in [6.45, 7) is 1.63. The number of hydrogen-bond donors (Lipinski definition) is 1. The number of aliphatic carboxylic acids is 1. The maximum Gasteiger partial charge on any atom is 0.311 e. The fourth-order valence-corrected chi connectivity index (χ4v) is 2.75. The molecule has 2 aliphatic rings. The number of rotatable bonds is 2. The average Bonchev–Trinajstić information content (AvgIpc) is 2.72. The summed E-state index contributed by atoms with van der Waals surface area (Å²) >= 11 is 0. The second kappa shape index (κ2) is 3.57. The topological polar surface area (TPSA) is 74.7 Å². The van der Waals surface area contributed by atoms with Crippen LogP contribution < -0.4 is 0 Å². The molecule has 0 bridgehead atoms. The molecule has 0 spiro atoms. The first-order valence-corrected chi connectivity index (χ1v) is 5.55. The van der Waals surface area contributed by atoms with E-state index in [0.717, 1.165) is 6.42 Å². The van der Waals surface area contributed by atoms with Gasteiger partial charge in [0.1, 0.15) is 0 Å². The highest BCUT2D eigenvalue weighted by molar-refractivity contribution is 6.02. The zero-order chi connectivity index (χ0) is 11.9. The highest BCUT2D eigenvalue weighted by Gasteiger charge is 2.52. The Morgan fingerprint density at radius 2 is 1.94 bits per heavy atom. The number of carbonyl (C=O) groups is 3. The molecule has 2 unspecified atom stereocenters. The molecule has 5 heteroatoms. The number of carboxylic acid groups (broad SMARTS) is 1. The van der Waals surface area contributed by atoms with Crippen molar-refractivity contribution in [3.05, 3.63) is 0 Å². The molecule has 2 fully saturated rings. The predicted molar refractivity (Wildman–Crippen MR) is 54.5 cm³/mol. The van der Waals surface area contributed by atoms with Crippen molar-refractivity contribution >= 4 is 17.8 Å². The van der Waals surface area contributed by atoms with Crippen LogP contribution in [0.15, 0.2) is 0 Å². The van der Waals surface area contributed by atoms with E-state index >= 15 is 0 Å². The van der Waals surface area contributed by atoms with Gasteiger partial charge in [0.15, 0.2) is 0 Å². The molecule has 0 aromatic carbocycles. The van der Waals surface area contributed by atoms with Gasteiger partial charge in [-0.05, 0) is 19.8 Å². The minimum Gasteiger partial charge on any atom is -0.481 e. The maximum absolute atomic E-state index is 11.6. The molecule has 1 heterocycles. The molecule has 1 saturated heterocycles. The van der Waals surface area contributed by atoms with E-state index in [-0.39, 0.29) is 24.7 Å². The predicted octanol–water partition coefficient (Wildman–Crippen LogP) is 0.779. The van der Waals surface area contributed by atoms with Crippen LogP contribution in [0.1, 0.15) is 39.0 Å². The standard InChI is InChI=1S/C11H15NO4/c1-11(10(15)16)6-2-3-7(11)12-8(13)4-5-9(12)14/h7H,2-6H2,1H3,(H,15,16). The van der Waals surface area contributed by atoms with Crippen LogP contribution >= 0.6 is 0 Å². The fraction of sp³-hybridized carbons (Fsp3) is 0.727. The van der Waals surface area contributed by atoms with Gasteiger partial charge in [-0.2, -0.15) is 0 Å². The molecule has 88 valence electrons. The van der Waals surface area contributed by atoms with Crippen molar-refractivity contribution in [2.75, 3.05) is 0 Å². The molecule has 0 radical (unpaired) electrons. The molecule has 1 aliphatic carbocycles. The summed E-state index contributed by atoms with van der Waals surface area (Å²) in [7, 11) is 0. The van der Waals surface area contributed by atoms with Crippen molar-refractivity contribution in [3.63, 3.8) is 0 Å². The van der Waals surface area contributed by atoms with Gasteiger partial charge in [-0.3, -0.25) is 19.3 Å². The Morgan fingerprint density at radius 1 is 1.38 bits per heavy atom. The smallest absolute Gasteiger partial charge is 0.311 e. The van der Waals surface area contributed by atoms with Crippen LogP contribution in [0.25, 0.3) is 0 Å². The van der Waals surface area contributed by atoms with Crippen LogP contribution in [0.3, 0.4) is 0 Å². The van der Waals surface area contributed by atoms with Crippen molar-refractivity contribution in [1.82, 2.24) is 4.90 Å². The lowest BCUT2D eigenvalue weighted by Gasteiger charge is -2.33. The second-order valence-corrected chi connectivity index (χ2v) is 4.79. The van der Waals surface area contributed by atoms with Crippen LogP contribution in [0.4, 0.5) is 0 Å². The first-order chi connectivity index (χ1) is 7.47. The number of amides is 2. The van der Waals surface area contributed by atoms with Crippen LogP contribution in [0.2, 0.25) is 0 Å². The van der Waals surface area contributed by atoms with E-state index in [2.05, 4.69) is 0 Å². The fourth-order valence-electron chi connectivity index (χ4n) is 2.75. The van der Waals surface area contributed by atoms with Crippen molar-refractivity contribution in [2.24, 2.45) is 5.41 Å². The summed E-state index contributed by atoms with van der Waals surface area (Å²) in [4.78, 5) is 35.6. The molecular weight excluding hydrogens is 210 g/mol. The first-order valence-electron chi connectivity index (χ1n) is 5.55. The van der Waals surface area contributed by atoms with Crippen molar-refractivity contribution in [2.45, 2.75) is 45.1 Å². The third kappa shape index (κ3) is 1.42. The van der Waals surface area contributed by atoms with E-state index in [0.29, 0.717) is 12.8 Å². The Bertz CT molecular complexity index is 349. The second-order valence-electron chi connectivity index (χ2n) is 4.79. The number of likely N-dealkylation sites (tertiary alicyclic amines) is 1. The molecule has 0 aromatic heterocycles. The number of imide groups is 1. The SMILES string of the molecule is CC1(C(=O)O)CCCC1N1C(=O)CCC1=O. The molecule has 1 aliphatic heterocycles.